The first-order chi connectivity index (χ1) is 12.9. The Labute approximate surface area is 159 Å². The van der Waals surface area contributed by atoms with Crippen molar-refractivity contribution >= 4 is 22.0 Å². The summed E-state index contributed by atoms with van der Waals surface area (Å²) in [7, 11) is -1.58. The molecule has 0 spiro atoms. The zero-order valence-corrected chi connectivity index (χ0v) is 16.0. The lowest BCUT2D eigenvalue weighted by atomic mass is 10.2. The molecule has 1 aromatic heterocycles. The van der Waals surface area contributed by atoms with Crippen LogP contribution in [0, 0.1) is 0 Å². The van der Waals surface area contributed by atoms with Gasteiger partial charge in [-0.1, -0.05) is 12.1 Å². The van der Waals surface area contributed by atoms with Crippen molar-refractivity contribution in [2.24, 2.45) is 0 Å². The average Bonchev–Trinajstić information content (AvgIpc) is 3.19. The van der Waals surface area contributed by atoms with Crippen LogP contribution in [0.1, 0.15) is 11.3 Å². The van der Waals surface area contributed by atoms with E-state index in [9.17, 15) is 13.2 Å². The van der Waals surface area contributed by atoms with E-state index in [0.717, 1.165) is 31.7 Å². The van der Waals surface area contributed by atoms with Gasteiger partial charge in [-0.2, -0.15) is 0 Å². The van der Waals surface area contributed by atoms with Crippen molar-refractivity contribution in [3.63, 3.8) is 0 Å². The van der Waals surface area contributed by atoms with E-state index in [4.69, 9.17) is 4.42 Å². The fourth-order valence-electron chi connectivity index (χ4n) is 2.72. The number of sulfonamides is 1. The van der Waals surface area contributed by atoms with Gasteiger partial charge in [0.15, 0.2) is 0 Å². The quantitative estimate of drug-likeness (QED) is 0.758. The van der Waals surface area contributed by atoms with Crippen LogP contribution in [-0.4, -0.2) is 57.4 Å². The van der Waals surface area contributed by atoms with Gasteiger partial charge in [-0.25, -0.2) is 13.1 Å². The third-order valence-corrected chi connectivity index (χ3v) is 5.86. The number of carbonyl (C=O) groups excluding carboxylic acids is 1. The van der Waals surface area contributed by atoms with Gasteiger partial charge in [-0.05, 0) is 43.0 Å². The first-order valence-electron chi connectivity index (χ1n) is 8.72. The van der Waals surface area contributed by atoms with Gasteiger partial charge in [-0.3, -0.25) is 4.79 Å². The highest BCUT2D eigenvalue weighted by Crippen LogP contribution is 2.13. The predicted octanol–water partition coefficient (Wildman–Crippen LogP) is 1.55. The van der Waals surface area contributed by atoms with E-state index in [1.54, 1.807) is 30.3 Å². The molecule has 0 radical (unpaired) electrons. The number of furan rings is 1. The largest absolute Gasteiger partial charge is 0.468 e. The number of amides is 1. The number of piperazine rings is 1. The van der Waals surface area contributed by atoms with Crippen LogP contribution in [0.15, 0.2) is 58.1 Å². The second-order valence-electron chi connectivity index (χ2n) is 6.43. The number of hydrogen-bond donors (Lipinski definition) is 1. The summed E-state index contributed by atoms with van der Waals surface area (Å²) in [4.78, 5) is 16.4. The highest BCUT2D eigenvalue weighted by Gasteiger charge is 2.17. The van der Waals surface area contributed by atoms with Gasteiger partial charge in [0, 0.05) is 32.3 Å². The van der Waals surface area contributed by atoms with Gasteiger partial charge in [0.25, 0.3) is 0 Å². The number of carbonyl (C=O) groups is 1. The van der Waals surface area contributed by atoms with E-state index in [1.807, 2.05) is 11.9 Å². The lowest BCUT2D eigenvalue weighted by Crippen LogP contribution is -2.46. The summed E-state index contributed by atoms with van der Waals surface area (Å²) in [5.74, 6) is 0.514. The second-order valence-corrected chi connectivity index (χ2v) is 8.20. The molecule has 2 heterocycles. The Hall–Kier alpha value is -2.42. The molecular weight excluding hydrogens is 366 g/mol. The van der Waals surface area contributed by atoms with Crippen LogP contribution in [0.3, 0.4) is 0 Å². The zero-order chi connectivity index (χ0) is 19.3. The summed E-state index contributed by atoms with van der Waals surface area (Å²) < 4.78 is 32.2. The van der Waals surface area contributed by atoms with Crippen LogP contribution in [0.2, 0.25) is 0 Å². The SMILES string of the molecule is CN1CCN(C(=O)/C=C/c2ccc(S(=O)(=O)NCc3ccco3)cc2)CC1. The van der Waals surface area contributed by atoms with Crippen molar-refractivity contribution in [2.45, 2.75) is 11.4 Å². The molecule has 0 aliphatic carbocycles. The van der Waals surface area contributed by atoms with Crippen LogP contribution in [-0.2, 0) is 21.4 Å². The Morgan fingerprint density at radius 3 is 2.48 bits per heavy atom. The number of rotatable bonds is 6. The fourth-order valence-corrected chi connectivity index (χ4v) is 3.71. The molecule has 3 rings (SSSR count). The second kappa shape index (κ2) is 8.51. The molecule has 1 fully saturated rings. The summed E-state index contributed by atoms with van der Waals surface area (Å²) in [5.41, 5.74) is 0.766. The third-order valence-electron chi connectivity index (χ3n) is 4.44. The van der Waals surface area contributed by atoms with Crippen LogP contribution in [0.25, 0.3) is 6.08 Å². The lowest BCUT2D eigenvalue weighted by molar-refractivity contribution is -0.127. The molecule has 1 aromatic carbocycles. The average molecular weight is 389 g/mol. The molecule has 1 N–H and O–H groups in total. The van der Waals surface area contributed by atoms with E-state index < -0.39 is 10.0 Å². The Balaban J connectivity index is 1.58. The first-order valence-corrected chi connectivity index (χ1v) is 10.2. The minimum Gasteiger partial charge on any atom is -0.468 e. The molecule has 144 valence electrons. The van der Waals surface area contributed by atoms with E-state index >= 15 is 0 Å². The van der Waals surface area contributed by atoms with Crippen molar-refractivity contribution in [3.8, 4) is 0 Å². The Morgan fingerprint density at radius 2 is 1.85 bits per heavy atom. The summed E-state index contributed by atoms with van der Waals surface area (Å²) in [5, 5.41) is 0. The summed E-state index contributed by atoms with van der Waals surface area (Å²) >= 11 is 0. The standard InChI is InChI=1S/C19H23N3O4S/c1-21-10-12-22(13-11-21)19(23)9-6-16-4-7-18(8-5-16)27(24,25)20-15-17-3-2-14-26-17/h2-9,14,20H,10-13,15H2,1H3/b9-6+. The monoisotopic (exact) mass is 389 g/mol. The van der Waals surface area contributed by atoms with Gasteiger partial charge in [0.05, 0.1) is 17.7 Å². The molecule has 8 heteroatoms. The maximum absolute atomic E-state index is 12.3. The maximum atomic E-state index is 12.3. The maximum Gasteiger partial charge on any atom is 0.246 e. The molecule has 0 saturated carbocycles. The minimum atomic E-state index is -3.62. The predicted molar refractivity (Wildman–Crippen MR) is 102 cm³/mol. The highest BCUT2D eigenvalue weighted by molar-refractivity contribution is 7.89. The minimum absolute atomic E-state index is 0.0279. The summed E-state index contributed by atoms with van der Waals surface area (Å²) in [6.07, 6.45) is 4.73. The van der Waals surface area contributed by atoms with Crippen molar-refractivity contribution in [3.05, 3.63) is 60.1 Å². The summed E-state index contributed by atoms with van der Waals surface area (Å²) in [6.45, 7) is 3.28. The molecule has 0 unspecified atom stereocenters. The van der Waals surface area contributed by atoms with Crippen LogP contribution in [0.5, 0.6) is 0 Å². The van der Waals surface area contributed by atoms with Crippen molar-refractivity contribution in [1.82, 2.24) is 14.5 Å². The third kappa shape index (κ3) is 5.29. The smallest absolute Gasteiger partial charge is 0.246 e. The van der Waals surface area contributed by atoms with E-state index in [2.05, 4.69) is 9.62 Å². The topological polar surface area (TPSA) is 82.9 Å². The van der Waals surface area contributed by atoms with E-state index in [1.165, 1.54) is 24.5 Å². The van der Waals surface area contributed by atoms with Gasteiger partial charge >= 0.3 is 0 Å². The number of nitrogens with zero attached hydrogens (tertiary/aromatic N) is 2. The number of likely N-dealkylation sites (N-methyl/N-ethyl adjacent to an activating group) is 1. The molecule has 2 aromatic rings. The molecule has 1 amide bonds. The number of benzene rings is 1. The van der Waals surface area contributed by atoms with Gasteiger partial charge in [-0.15, -0.1) is 0 Å². The molecule has 27 heavy (non-hydrogen) atoms. The van der Waals surface area contributed by atoms with Crippen molar-refractivity contribution < 1.29 is 17.6 Å². The molecule has 0 atom stereocenters. The van der Waals surface area contributed by atoms with Gasteiger partial charge in [0.2, 0.25) is 15.9 Å². The van der Waals surface area contributed by atoms with Crippen LogP contribution < -0.4 is 4.72 Å². The van der Waals surface area contributed by atoms with Crippen LogP contribution in [0.4, 0.5) is 0 Å². The fraction of sp³-hybridized carbons (Fsp3) is 0.316. The number of nitrogens with one attached hydrogen (secondary N) is 1. The Kier molecular flexibility index (Phi) is 6.10. The lowest BCUT2D eigenvalue weighted by Gasteiger charge is -2.31. The van der Waals surface area contributed by atoms with E-state index in [-0.39, 0.29) is 17.3 Å². The zero-order valence-electron chi connectivity index (χ0n) is 15.2. The molecule has 7 nitrogen and oxygen atoms in total. The molecule has 1 saturated heterocycles. The highest BCUT2D eigenvalue weighted by atomic mass is 32.2. The summed E-state index contributed by atoms with van der Waals surface area (Å²) in [6, 6.07) is 9.79. The molecule has 1 aliphatic rings. The molecule has 0 bridgehead atoms. The van der Waals surface area contributed by atoms with Gasteiger partial charge in [0.1, 0.15) is 5.76 Å². The number of hydrogen-bond acceptors (Lipinski definition) is 5. The van der Waals surface area contributed by atoms with Crippen LogP contribution >= 0.6 is 0 Å². The first kappa shape index (κ1) is 19.3. The van der Waals surface area contributed by atoms with E-state index in [0.29, 0.717) is 5.76 Å². The Bertz CT molecular complexity index is 882. The molecule has 1 aliphatic heterocycles. The normalized spacial score (nSPS) is 16.1. The van der Waals surface area contributed by atoms with Crippen molar-refractivity contribution in [2.75, 3.05) is 33.2 Å². The van der Waals surface area contributed by atoms with Gasteiger partial charge < -0.3 is 14.2 Å². The van der Waals surface area contributed by atoms with Crippen molar-refractivity contribution in [1.29, 1.82) is 0 Å². The Morgan fingerprint density at radius 1 is 1.15 bits per heavy atom. The molecular formula is C19H23N3O4S.